The number of halogens is 1. The van der Waals surface area contributed by atoms with Gasteiger partial charge >= 0.3 is 0 Å². The molecule has 0 N–H and O–H groups in total. The first-order valence-corrected chi connectivity index (χ1v) is 10.1. The van der Waals surface area contributed by atoms with E-state index in [-0.39, 0.29) is 5.91 Å². The molecule has 1 aromatic heterocycles. The van der Waals surface area contributed by atoms with Crippen LogP contribution in [0.5, 0.6) is 5.75 Å². The van der Waals surface area contributed by atoms with Gasteiger partial charge in [-0.3, -0.25) is 9.36 Å². The van der Waals surface area contributed by atoms with Crippen LogP contribution in [-0.2, 0) is 11.3 Å². The van der Waals surface area contributed by atoms with E-state index in [1.807, 2.05) is 60.2 Å². The zero-order valence-corrected chi connectivity index (χ0v) is 17.6. The van der Waals surface area contributed by atoms with E-state index in [2.05, 4.69) is 4.98 Å². The van der Waals surface area contributed by atoms with Gasteiger partial charge in [0, 0.05) is 31.0 Å². The van der Waals surface area contributed by atoms with Crippen molar-refractivity contribution in [1.29, 1.82) is 0 Å². The summed E-state index contributed by atoms with van der Waals surface area (Å²) in [6.45, 7) is 2.50. The van der Waals surface area contributed by atoms with E-state index in [1.165, 1.54) is 11.8 Å². The molecule has 0 fully saturated rings. The van der Waals surface area contributed by atoms with Gasteiger partial charge in [0.05, 0.1) is 18.6 Å². The maximum atomic E-state index is 12.6. The number of ether oxygens (including phenoxy) is 1. The van der Waals surface area contributed by atoms with Crippen LogP contribution < -0.4 is 4.74 Å². The topological polar surface area (TPSA) is 47.4 Å². The van der Waals surface area contributed by atoms with E-state index in [9.17, 15) is 4.79 Å². The standard InChI is InChI=1S/C21H22ClN3O2S/c1-15-18(22)8-5-9-19(15)25-11-10-23-21(25)28-14-20(26)24(2)13-16-6-4-7-17(12-16)27-3/h4-12H,13-14H2,1-3H3. The zero-order chi connectivity index (χ0) is 20.1. The van der Waals surface area contributed by atoms with Crippen molar-refractivity contribution >= 4 is 29.3 Å². The average molecular weight is 416 g/mol. The van der Waals surface area contributed by atoms with Crippen molar-refractivity contribution in [3.8, 4) is 11.4 Å². The number of methoxy groups -OCH3 is 1. The lowest BCUT2D eigenvalue weighted by Gasteiger charge is -2.18. The van der Waals surface area contributed by atoms with Gasteiger partial charge in [0.1, 0.15) is 5.75 Å². The summed E-state index contributed by atoms with van der Waals surface area (Å²) >= 11 is 7.65. The van der Waals surface area contributed by atoms with Crippen molar-refractivity contribution in [2.24, 2.45) is 0 Å². The lowest BCUT2D eigenvalue weighted by Crippen LogP contribution is -2.27. The second-order valence-electron chi connectivity index (χ2n) is 6.35. The molecule has 0 aliphatic carbocycles. The van der Waals surface area contributed by atoms with Crippen molar-refractivity contribution < 1.29 is 9.53 Å². The fourth-order valence-electron chi connectivity index (χ4n) is 2.81. The molecule has 0 aliphatic rings. The summed E-state index contributed by atoms with van der Waals surface area (Å²) < 4.78 is 7.20. The van der Waals surface area contributed by atoms with Gasteiger partial charge in [-0.2, -0.15) is 0 Å². The molecule has 5 nitrogen and oxygen atoms in total. The highest BCUT2D eigenvalue weighted by molar-refractivity contribution is 7.99. The van der Waals surface area contributed by atoms with Crippen LogP contribution in [0, 0.1) is 6.92 Å². The molecule has 0 bridgehead atoms. The smallest absolute Gasteiger partial charge is 0.233 e. The average Bonchev–Trinajstić information content (AvgIpc) is 3.16. The Balaban J connectivity index is 1.65. The predicted molar refractivity (Wildman–Crippen MR) is 114 cm³/mol. The molecule has 28 heavy (non-hydrogen) atoms. The van der Waals surface area contributed by atoms with E-state index in [1.54, 1.807) is 25.3 Å². The molecule has 1 heterocycles. The summed E-state index contributed by atoms with van der Waals surface area (Å²) in [6, 6.07) is 13.5. The number of imidazole rings is 1. The first-order valence-electron chi connectivity index (χ1n) is 8.78. The highest BCUT2D eigenvalue weighted by atomic mass is 35.5. The number of aromatic nitrogens is 2. The van der Waals surface area contributed by atoms with Crippen molar-refractivity contribution in [3.63, 3.8) is 0 Å². The summed E-state index contributed by atoms with van der Waals surface area (Å²) in [7, 11) is 3.43. The monoisotopic (exact) mass is 415 g/mol. The summed E-state index contributed by atoms with van der Waals surface area (Å²) in [6.07, 6.45) is 3.61. The van der Waals surface area contributed by atoms with Crippen LogP contribution in [0.4, 0.5) is 0 Å². The molecule has 3 aromatic rings. The third-order valence-electron chi connectivity index (χ3n) is 4.41. The first-order chi connectivity index (χ1) is 13.5. The molecule has 146 valence electrons. The van der Waals surface area contributed by atoms with Crippen LogP contribution in [0.15, 0.2) is 60.0 Å². The van der Waals surface area contributed by atoms with E-state index >= 15 is 0 Å². The third kappa shape index (κ3) is 4.69. The first kappa shape index (κ1) is 20.3. The van der Waals surface area contributed by atoms with Crippen LogP contribution in [0.1, 0.15) is 11.1 Å². The van der Waals surface area contributed by atoms with E-state index in [0.717, 1.165) is 27.7 Å². The van der Waals surface area contributed by atoms with Gasteiger partial charge in [0.15, 0.2) is 5.16 Å². The number of thioether (sulfide) groups is 1. The van der Waals surface area contributed by atoms with Crippen molar-refractivity contribution in [2.75, 3.05) is 19.9 Å². The Bertz CT molecular complexity index is 974. The maximum absolute atomic E-state index is 12.6. The number of carbonyl (C=O) groups is 1. The minimum atomic E-state index is 0.0326. The molecule has 7 heteroatoms. The Kier molecular flexibility index (Phi) is 6.65. The minimum absolute atomic E-state index is 0.0326. The number of hydrogen-bond acceptors (Lipinski definition) is 4. The lowest BCUT2D eigenvalue weighted by atomic mass is 10.2. The van der Waals surface area contributed by atoms with Crippen LogP contribution in [0.3, 0.4) is 0 Å². The predicted octanol–water partition coefficient (Wildman–Crippen LogP) is 4.59. The fourth-order valence-corrected chi connectivity index (χ4v) is 3.88. The van der Waals surface area contributed by atoms with Gasteiger partial charge in [-0.1, -0.05) is 41.6 Å². The van der Waals surface area contributed by atoms with Crippen LogP contribution >= 0.6 is 23.4 Å². The van der Waals surface area contributed by atoms with Gasteiger partial charge in [-0.05, 0) is 42.3 Å². The number of carbonyl (C=O) groups excluding carboxylic acids is 1. The van der Waals surface area contributed by atoms with Crippen molar-refractivity contribution in [1.82, 2.24) is 14.5 Å². The summed E-state index contributed by atoms with van der Waals surface area (Å²) in [5, 5.41) is 1.46. The van der Waals surface area contributed by atoms with E-state index in [0.29, 0.717) is 17.3 Å². The number of hydrogen-bond donors (Lipinski definition) is 0. The van der Waals surface area contributed by atoms with E-state index in [4.69, 9.17) is 16.3 Å². The molecule has 0 radical (unpaired) electrons. The molecule has 0 saturated heterocycles. The Morgan fingerprint density at radius 3 is 2.86 bits per heavy atom. The van der Waals surface area contributed by atoms with Gasteiger partial charge in [-0.25, -0.2) is 4.98 Å². The highest BCUT2D eigenvalue weighted by Gasteiger charge is 2.14. The summed E-state index contributed by atoms with van der Waals surface area (Å²) in [4.78, 5) is 18.7. The Hall–Kier alpha value is -2.44. The summed E-state index contributed by atoms with van der Waals surface area (Å²) in [5.41, 5.74) is 2.96. The Morgan fingerprint density at radius 2 is 2.07 bits per heavy atom. The molecule has 3 rings (SSSR count). The molecular formula is C21H22ClN3O2S. The normalized spacial score (nSPS) is 10.7. The van der Waals surface area contributed by atoms with Crippen molar-refractivity contribution in [3.05, 3.63) is 71.0 Å². The molecule has 0 saturated carbocycles. The number of amides is 1. The quantitative estimate of drug-likeness (QED) is 0.529. The SMILES string of the molecule is COc1cccc(CN(C)C(=O)CSc2nccn2-c2cccc(Cl)c2C)c1. The maximum Gasteiger partial charge on any atom is 0.233 e. The molecule has 0 aliphatic heterocycles. The molecule has 0 spiro atoms. The molecular weight excluding hydrogens is 394 g/mol. The molecule has 2 aromatic carbocycles. The third-order valence-corrected chi connectivity index (χ3v) is 5.77. The van der Waals surface area contributed by atoms with E-state index < -0.39 is 0 Å². The molecule has 1 amide bonds. The zero-order valence-electron chi connectivity index (χ0n) is 16.1. The Morgan fingerprint density at radius 1 is 1.29 bits per heavy atom. The van der Waals surface area contributed by atoms with Gasteiger partial charge in [-0.15, -0.1) is 0 Å². The fraction of sp³-hybridized carbons (Fsp3) is 0.238. The number of rotatable bonds is 7. The lowest BCUT2D eigenvalue weighted by molar-refractivity contribution is -0.127. The largest absolute Gasteiger partial charge is 0.497 e. The minimum Gasteiger partial charge on any atom is -0.497 e. The molecule has 0 atom stereocenters. The highest BCUT2D eigenvalue weighted by Crippen LogP contribution is 2.26. The van der Waals surface area contributed by atoms with Crippen LogP contribution in [0.2, 0.25) is 5.02 Å². The van der Waals surface area contributed by atoms with Gasteiger partial charge < -0.3 is 9.64 Å². The second kappa shape index (κ2) is 9.17. The number of benzene rings is 2. The Labute approximate surface area is 174 Å². The van der Waals surface area contributed by atoms with Crippen LogP contribution in [0.25, 0.3) is 5.69 Å². The van der Waals surface area contributed by atoms with Crippen molar-refractivity contribution in [2.45, 2.75) is 18.6 Å². The second-order valence-corrected chi connectivity index (χ2v) is 7.70. The van der Waals surface area contributed by atoms with Gasteiger partial charge in [0.2, 0.25) is 5.91 Å². The number of nitrogens with zero attached hydrogens (tertiary/aromatic N) is 3. The molecule has 0 unspecified atom stereocenters. The van der Waals surface area contributed by atoms with Crippen LogP contribution in [-0.4, -0.2) is 40.3 Å². The summed E-state index contributed by atoms with van der Waals surface area (Å²) in [5.74, 6) is 1.12. The van der Waals surface area contributed by atoms with Gasteiger partial charge in [0.25, 0.3) is 0 Å².